The Morgan fingerprint density at radius 2 is 2.05 bits per heavy atom. The fraction of sp³-hybridized carbons (Fsp3) is 0.667. The van der Waals surface area contributed by atoms with Gasteiger partial charge < -0.3 is 9.64 Å². The molecule has 1 saturated carbocycles. The van der Waals surface area contributed by atoms with E-state index in [1.165, 1.54) is 31.2 Å². The van der Waals surface area contributed by atoms with Gasteiger partial charge in [-0.1, -0.05) is 26.0 Å². The Bertz CT molecular complexity index is 412. The zero-order valence-electron chi connectivity index (χ0n) is 13.4. The minimum atomic E-state index is 0.463. The Balaban J connectivity index is 2.06. The van der Waals surface area contributed by atoms with Gasteiger partial charge in [-0.15, -0.1) is 0 Å². The molecule has 0 N–H and O–H groups in total. The van der Waals surface area contributed by atoms with Crippen molar-refractivity contribution in [1.29, 1.82) is 0 Å². The molecule has 0 saturated heterocycles. The van der Waals surface area contributed by atoms with Crippen LogP contribution < -0.4 is 4.74 Å². The van der Waals surface area contributed by atoms with Crippen molar-refractivity contribution in [1.82, 2.24) is 4.90 Å². The summed E-state index contributed by atoms with van der Waals surface area (Å²) < 4.78 is 6.04. The number of hydrogen-bond acceptors (Lipinski definition) is 2. The molecule has 1 aromatic carbocycles. The Hall–Kier alpha value is -1.02. The summed E-state index contributed by atoms with van der Waals surface area (Å²) in [6.45, 7) is 5.77. The fourth-order valence-corrected chi connectivity index (χ4v) is 3.17. The summed E-state index contributed by atoms with van der Waals surface area (Å²) in [7, 11) is 4.30. The Kier molecular flexibility index (Phi) is 5.47. The third-order valence-corrected chi connectivity index (χ3v) is 4.42. The van der Waals surface area contributed by atoms with E-state index < -0.39 is 0 Å². The van der Waals surface area contributed by atoms with Crippen LogP contribution >= 0.6 is 0 Å². The first-order valence-electron chi connectivity index (χ1n) is 8.01. The summed E-state index contributed by atoms with van der Waals surface area (Å²) in [4.78, 5) is 2.28. The summed E-state index contributed by atoms with van der Waals surface area (Å²) in [5.74, 6) is 2.33. The van der Waals surface area contributed by atoms with E-state index >= 15 is 0 Å². The lowest BCUT2D eigenvalue weighted by molar-refractivity contribution is 0.120. The monoisotopic (exact) mass is 275 g/mol. The van der Waals surface area contributed by atoms with Crippen molar-refractivity contribution >= 4 is 0 Å². The third-order valence-electron chi connectivity index (χ3n) is 4.42. The van der Waals surface area contributed by atoms with Crippen LogP contribution in [0.5, 0.6) is 5.75 Å². The smallest absolute Gasteiger partial charge is 0.119 e. The van der Waals surface area contributed by atoms with E-state index in [-0.39, 0.29) is 0 Å². The van der Waals surface area contributed by atoms with Crippen LogP contribution in [-0.4, -0.2) is 31.6 Å². The van der Waals surface area contributed by atoms with E-state index in [4.69, 9.17) is 4.74 Å². The molecule has 0 aliphatic heterocycles. The molecule has 0 heterocycles. The second-order valence-corrected chi connectivity index (χ2v) is 6.50. The van der Waals surface area contributed by atoms with Crippen molar-refractivity contribution in [3.63, 3.8) is 0 Å². The van der Waals surface area contributed by atoms with Crippen LogP contribution in [0.3, 0.4) is 0 Å². The molecule has 0 aromatic heterocycles. The SMILES string of the molecule is CC[C@@H](c1cccc(OC2CCC2)c1)[C@@H](C)CN(C)C. The van der Waals surface area contributed by atoms with Gasteiger partial charge in [0.25, 0.3) is 0 Å². The molecule has 0 amide bonds. The largest absolute Gasteiger partial charge is 0.490 e. The number of nitrogens with zero attached hydrogens (tertiary/aromatic N) is 1. The van der Waals surface area contributed by atoms with E-state index in [0.717, 1.165) is 12.3 Å². The van der Waals surface area contributed by atoms with E-state index in [1.54, 1.807) is 0 Å². The second kappa shape index (κ2) is 7.12. The van der Waals surface area contributed by atoms with Gasteiger partial charge in [0.2, 0.25) is 0 Å². The van der Waals surface area contributed by atoms with Crippen LogP contribution in [0.1, 0.15) is 51.0 Å². The maximum Gasteiger partial charge on any atom is 0.119 e. The molecule has 2 heteroatoms. The lowest BCUT2D eigenvalue weighted by Crippen LogP contribution is -2.25. The maximum absolute atomic E-state index is 6.04. The molecule has 0 radical (unpaired) electrons. The summed E-state index contributed by atoms with van der Waals surface area (Å²) in [6.07, 6.45) is 5.41. The average Bonchev–Trinajstić information content (AvgIpc) is 2.34. The Morgan fingerprint density at radius 1 is 1.30 bits per heavy atom. The highest BCUT2D eigenvalue weighted by atomic mass is 16.5. The van der Waals surface area contributed by atoms with Crippen molar-refractivity contribution < 1.29 is 4.74 Å². The molecule has 2 rings (SSSR count). The van der Waals surface area contributed by atoms with Gasteiger partial charge in [-0.05, 0) is 69.3 Å². The van der Waals surface area contributed by atoms with E-state index in [1.807, 2.05) is 0 Å². The van der Waals surface area contributed by atoms with Gasteiger partial charge in [-0.25, -0.2) is 0 Å². The summed E-state index contributed by atoms with van der Waals surface area (Å²) >= 11 is 0. The maximum atomic E-state index is 6.04. The van der Waals surface area contributed by atoms with Gasteiger partial charge in [0.15, 0.2) is 0 Å². The first-order valence-corrected chi connectivity index (χ1v) is 8.01. The van der Waals surface area contributed by atoms with Crippen molar-refractivity contribution in [2.75, 3.05) is 20.6 Å². The molecule has 20 heavy (non-hydrogen) atoms. The summed E-state index contributed by atoms with van der Waals surface area (Å²) in [5.41, 5.74) is 1.43. The molecule has 0 spiro atoms. The zero-order valence-corrected chi connectivity index (χ0v) is 13.4. The number of ether oxygens (including phenoxy) is 1. The number of rotatable bonds is 7. The predicted molar refractivity (Wildman–Crippen MR) is 85.5 cm³/mol. The average molecular weight is 275 g/mol. The molecule has 0 unspecified atom stereocenters. The minimum absolute atomic E-state index is 0.463. The van der Waals surface area contributed by atoms with Gasteiger partial charge in [0.1, 0.15) is 5.75 Å². The van der Waals surface area contributed by atoms with Crippen LogP contribution in [0.4, 0.5) is 0 Å². The number of benzene rings is 1. The Labute approximate surface area is 124 Å². The molecule has 1 aliphatic carbocycles. The van der Waals surface area contributed by atoms with Crippen LogP contribution in [0.15, 0.2) is 24.3 Å². The molecule has 112 valence electrons. The van der Waals surface area contributed by atoms with Crippen LogP contribution in [0.25, 0.3) is 0 Å². The molecule has 1 aliphatic rings. The van der Waals surface area contributed by atoms with E-state index in [9.17, 15) is 0 Å². The predicted octanol–water partition coefficient (Wildman–Crippen LogP) is 4.31. The van der Waals surface area contributed by atoms with Gasteiger partial charge in [0.05, 0.1) is 6.10 Å². The third kappa shape index (κ3) is 3.99. The topological polar surface area (TPSA) is 12.5 Å². The van der Waals surface area contributed by atoms with Crippen LogP contribution in [-0.2, 0) is 0 Å². The normalized spacial score (nSPS) is 18.6. The highest BCUT2D eigenvalue weighted by molar-refractivity contribution is 5.31. The zero-order chi connectivity index (χ0) is 14.5. The van der Waals surface area contributed by atoms with Crippen molar-refractivity contribution in [2.45, 2.75) is 51.6 Å². The molecular formula is C18H29NO. The van der Waals surface area contributed by atoms with Crippen molar-refractivity contribution in [3.8, 4) is 5.75 Å². The van der Waals surface area contributed by atoms with Crippen molar-refractivity contribution in [3.05, 3.63) is 29.8 Å². The van der Waals surface area contributed by atoms with Gasteiger partial charge in [-0.2, -0.15) is 0 Å². The van der Waals surface area contributed by atoms with Gasteiger partial charge in [0, 0.05) is 6.54 Å². The van der Waals surface area contributed by atoms with E-state index in [2.05, 4.69) is 57.1 Å². The number of hydrogen-bond donors (Lipinski definition) is 0. The highest BCUT2D eigenvalue weighted by Gasteiger charge is 2.21. The van der Waals surface area contributed by atoms with Crippen LogP contribution in [0.2, 0.25) is 0 Å². The van der Waals surface area contributed by atoms with Gasteiger partial charge >= 0.3 is 0 Å². The molecule has 1 aromatic rings. The standard InChI is InChI=1S/C18H29NO/c1-5-18(14(2)13-19(3)4)15-8-6-11-17(12-15)20-16-9-7-10-16/h6,8,11-12,14,16,18H,5,7,9-10,13H2,1-4H3/t14-,18+/m0/s1. The molecular weight excluding hydrogens is 246 g/mol. The molecule has 2 nitrogen and oxygen atoms in total. The van der Waals surface area contributed by atoms with Gasteiger partial charge in [-0.3, -0.25) is 0 Å². The first-order chi connectivity index (χ1) is 9.60. The lowest BCUT2D eigenvalue weighted by Gasteiger charge is -2.28. The molecule has 0 bridgehead atoms. The van der Waals surface area contributed by atoms with Crippen LogP contribution in [0, 0.1) is 5.92 Å². The second-order valence-electron chi connectivity index (χ2n) is 6.50. The lowest BCUT2D eigenvalue weighted by atomic mass is 9.85. The first kappa shape index (κ1) is 15.4. The quantitative estimate of drug-likeness (QED) is 0.735. The minimum Gasteiger partial charge on any atom is -0.490 e. The highest BCUT2D eigenvalue weighted by Crippen LogP contribution is 2.32. The molecule has 1 fully saturated rings. The molecule has 2 atom stereocenters. The summed E-state index contributed by atoms with van der Waals surface area (Å²) in [6, 6.07) is 8.77. The summed E-state index contributed by atoms with van der Waals surface area (Å²) in [5, 5.41) is 0. The van der Waals surface area contributed by atoms with Crippen molar-refractivity contribution in [2.24, 2.45) is 5.92 Å². The van der Waals surface area contributed by atoms with E-state index in [0.29, 0.717) is 17.9 Å². The Morgan fingerprint density at radius 3 is 2.60 bits per heavy atom. The fourth-order valence-electron chi connectivity index (χ4n) is 3.17.